The van der Waals surface area contributed by atoms with E-state index in [9.17, 15) is 4.79 Å². The van der Waals surface area contributed by atoms with Gasteiger partial charge in [-0.1, -0.05) is 0 Å². The molecule has 0 saturated heterocycles. The highest BCUT2D eigenvalue weighted by Gasteiger charge is 2.27. The predicted molar refractivity (Wildman–Crippen MR) is 81.6 cm³/mol. The minimum Gasteiger partial charge on any atom is -0.340 e. The summed E-state index contributed by atoms with van der Waals surface area (Å²) in [6.45, 7) is 1.77. The third kappa shape index (κ3) is 2.23. The fraction of sp³-hybridized carbons (Fsp3) is 0.562. The first kappa shape index (κ1) is 13.5. The molecule has 1 amide bonds. The predicted octanol–water partition coefficient (Wildman–Crippen LogP) is 1.43. The molecule has 2 aromatic rings. The van der Waals surface area contributed by atoms with Gasteiger partial charge in [-0.3, -0.25) is 9.89 Å². The van der Waals surface area contributed by atoms with Crippen molar-refractivity contribution in [2.45, 2.75) is 38.6 Å². The zero-order chi connectivity index (χ0) is 15.1. The van der Waals surface area contributed by atoms with Crippen LogP contribution in [-0.2, 0) is 25.8 Å². The van der Waals surface area contributed by atoms with Gasteiger partial charge < -0.3 is 9.47 Å². The Morgan fingerprint density at radius 2 is 2.41 bits per heavy atom. The van der Waals surface area contributed by atoms with Gasteiger partial charge in [0.15, 0.2) is 5.69 Å². The highest BCUT2D eigenvalue weighted by Crippen LogP contribution is 2.25. The van der Waals surface area contributed by atoms with Crippen molar-refractivity contribution < 1.29 is 4.79 Å². The molecule has 0 radical (unpaired) electrons. The van der Waals surface area contributed by atoms with Crippen LogP contribution in [0.5, 0.6) is 0 Å². The zero-order valence-electron chi connectivity index (χ0n) is 12.9. The standard InChI is InChI=1S/C16H21N5O/c1-20(10-11-5-7-21-8-6-17-14(21)9-11)16(22)15-12-3-2-4-13(12)18-19-15/h6,8,11H,2-5,7,9-10H2,1H3,(H,18,19)/t11-/m0/s1. The molecule has 0 saturated carbocycles. The minimum atomic E-state index is 0.0494. The molecule has 1 aliphatic heterocycles. The van der Waals surface area contributed by atoms with Crippen molar-refractivity contribution in [1.29, 1.82) is 0 Å². The Balaban J connectivity index is 1.44. The third-order valence-electron chi connectivity index (χ3n) is 4.94. The van der Waals surface area contributed by atoms with Crippen molar-refractivity contribution in [1.82, 2.24) is 24.6 Å². The second-order valence-electron chi connectivity index (χ2n) is 6.46. The van der Waals surface area contributed by atoms with E-state index in [-0.39, 0.29) is 5.91 Å². The Morgan fingerprint density at radius 3 is 3.32 bits per heavy atom. The molecule has 22 heavy (non-hydrogen) atoms. The van der Waals surface area contributed by atoms with Crippen LogP contribution in [0.25, 0.3) is 0 Å². The van der Waals surface area contributed by atoms with Crippen LogP contribution >= 0.6 is 0 Å². The van der Waals surface area contributed by atoms with Gasteiger partial charge >= 0.3 is 0 Å². The molecule has 1 N–H and O–H groups in total. The number of aromatic amines is 1. The van der Waals surface area contributed by atoms with E-state index in [4.69, 9.17) is 0 Å². The van der Waals surface area contributed by atoms with Crippen LogP contribution in [0.15, 0.2) is 12.4 Å². The number of nitrogens with zero attached hydrogens (tertiary/aromatic N) is 4. The average molecular weight is 299 g/mol. The summed E-state index contributed by atoms with van der Waals surface area (Å²) in [5.74, 6) is 1.67. The van der Waals surface area contributed by atoms with Crippen molar-refractivity contribution in [3.63, 3.8) is 0 Å². The number of rotatable bonds is 3. The number of hydrogen-bond acceptors (Lipinski definition) is 3. The normalized spacial score (nSPS) is 19.8. The van der Waals surface area contributed by atoms with Gasteiger partial charge in [0.05, 0.1) is 0 Å². The van der Waals surface area contributed by atoms with Crippen molar-refractivity contribution in [3.8, 4) is 0 Å². The lowest BCUT2D eigenvalue weighted by Gasteiger charge is -2.27. The number of carbonyl (C=O) groups is 1. The molecule has 0 spiro atoms. The van der Waals surface area contributed by atoms with Gasteiger partial charge in [-0.05, 0) is 31.6 Å². The van der Waals surface area contributed by atoms with E-state index in [1.165, 1.54) is 0 Å². The van der Waals surface area contributed by atoms with Gasteiger partial charge in [-0.15, -0.1) is 0 Å². The summed E-state index contributed by atoms with van der Waals surface area (Å²) in [4.78, 5) is 18.9. The van der Waals surface area contributed by atoms with Gasteiger partial charge in [0.1, 0.15) is 5.82 Å². The molecule has 1 atom stereocenters. The van der Waals surface area contributed by atoms with E-state index in [1.807, 2.05) is 24.3 Å². The number of aryl methyl sites for hydroxylation is 2. The van der Waals surface area contributed by atoms with Crippen LogP contribution in [0.3, 0.4) is 0 Å². The molecule has 0 bridgehead atoms. The Kier molecular flexibility index (Phi) is 3.24. The molecular formula is C16H21N5O. The summed E-state index contributed by atoms with van der Waals surface area (Å²) in [5.41, 5.74) is 2.92. The van der Waals surface area contributed by atoms with Crippen molar-refractivity contribution in [2.24, 2.45) is 5.92 Å². The highest BCUT2D eigenvalue weighted by atomic mass is 16.2. The minimum absolute atomic E-state index is 0.0494. The van der Waals surface area contributed by atoms with Crippen molar-refractivity contribution >= 4 is 5.91 Å². The van der Waals surface area contributed by atoms with Crippen LogP contribution in [0.1, 0.15) is 40.4 Å². The lowest BCUT2D eigenvalue weighted by atomic mass is 9.97. The summed E-state index contributed by atoms with van der Waals surface area (Å²) >= 11 is 0. The molecule has 2 aromatic heterocycles. The topological polar surface area (TPSA) is 66.8 Å². The molecule has 0 fully saturated rings. The van der Waals surface area contributed by atoms with Crippen molar-refractivity contribution in [3.05, 3.63) is 35.2 Å². The first-order chi connectivity index (χ1) is 10.7. The van der Waals surface area contributed by atoms with Gasteiger partial charge in [0.25, 0.3) is 5.91 Å². The largest absolute Gasteiger partial charge is 0.340 e. The number of hydrogen-bond donors (Lipinski definition) is 1. The van der Waals surface area contributed by atoms with Crippen LogP contribution in [0, 0.1) is 5.92 Å². The molecular weight excluding hydrogens is 278 g/mol. The van der Waals surface area contributed by atoms with Gasteiger partial charge in [0, 0.05) is 50.2 Å². The lowest BCUT2D eigenvalue weighted by Crippen LogP contribution is -2.35. The molecule has 0 aromatic carbocycles. The van der Waals surface area contributed by atoms with Crippen molar-refractivity contribution in [2.75, 3.05) is 13.6 Å². The fourth-order valence-corrected chi connectivity index (χ4v) is 3.72. The van der Waals surface area contributed by atoms with E-state index in [0.29, 0.717) is 11.6 Å². The zero-order valence-corrected chi connectivity index (χ0v) is 12.9. The average Bonchev–Trinajstić information content (AvgIpc) is 3.22. The molecule has 0 unspecified atom stereocenters. The van der Waals surface area contributed by atoms with Crippen LogP contribution in [0.2, 0.25) is 0 Å². The molecule has 116 valence electrons. The number of H-pyrrole nitrogens is 1. The molecule has 3 heterocycles. The van der Waals surface area contributed by atoms with E-state index in [2.05, 4.69) is 19.7 Å². The SMILES string of the molecule is CN(C[C@H]1CCn2ccnc2C1)C(=O)c1n[nH]c2c1CCC2. The van der Waals surface area contributed by atoms with E-state index in [1.54, 1.807) is 0 Å². The monoisotopic (exact) mass is 299 g/mol. The summed E-state index contributed by atoms with van der Waals surface area (Å²) in [7, 11) is 1.89. The summed E-state index contributed by atoms with van der Waals surface area (Å²) in [5, 5.41) is 7.27. The number of fused-ring (bicyclic) bond motifs is 2. The quantitative estimate of drug-likeness (QED) is 0.932. The maximum Gasteiger partial charge on any atom is 0.274 e. The smallest absolute Gasteiger partial charge is 0.274 e. The number of carbonyl (C=O) groups excluding carboxylic acids is 1. The molecule has 6 nitrogen and oxygen atoms in total. The van der Waals surface area contributed by atoms with E-state index >= 15 is 0 Å². The molecule has 1 aliphatic carbocycles. The maximum absolute atomic E-state index is 12.7. The first-order valence-electron chi connectivity index (χ1n) is 8.04. The number of amides is 1. The van der Waals surface area contributed by atoms with E-state index in [0.717, 1.165) is 62.3 Å². The highest BCUT2D eigenvalue weighted by molar-refractivity contribution is 5.94. The Morgan fingerprint density at radius 1 is 1.50 bits per heavy atom. The second kappa shape index (κ2) is 5.26. The van der Waals surface area contributed by atoms with E-state index < -0.39 is 0 Å². The van der Waals surface area contributed by atoms with Gasteiger partial charge in [-0.25, -0.2) is 4.98 Å². The Bertz CT molecular complexity index is 701. The number of imidazole rings is 1. The summed E-state index contributed by atoms with van der Waals surface area (Å²) in [6.07, 6.45) is 9.06. The molecule has 2 aliphatic rings. The van der Waals surface area contributed by atoms with Gasteiger partial charge in [-0.2, -0.15) is 5.10 Å². The number of aromatic nitrogens is 4. The van der Waals surface area contributed by atoms with Crippen LogP contribution in [0.4, 0.5) is 0 Å². The lowest BCUT2D eigenvalue weighted by molar-refractivity contribution is 0.0757. The first-order valence-corrected chi connectivity index (χ1v) is 8.04. The maximum atomic E-state index is 12.7. The van der Waals surface area contributed by atoms with Crippen LogP contribution < -0.4 is 0 Å². The van der Waals surface area contributed by atoms with Crippen LogP contribution in [-0.4, -0.2) is 44.1 Å². The van der Waals surface area contributed by atoms with Gasteiger partial charge in [0.2, 0.25) is 0 Å². The number of nitrogens with one attached hydrogen (secondary N) is 1. The Labute approximate surface area is 129 Å². The summed E-state index contributed by atoms with van der Waals surface area (Å²) < 4.78 is 2.21. The Hall–Kier alpha value is -2.11. The second-order valence-corrected chi connectivity index (χ2v) is 6.46. The third-order valence-corrected chi connectivity index (χ3v) is 4.94. The summed E-state index contributed by atoms with van der Waals surface area (Å²) in [6, 6.07) is 0. The fourth-order valence-electron chi connectivity index (χ4n) is 3.72. The molecule has 4 rings (SSSR count). The molecule has 6 heteroatoms.